The number of aryl methyl sites for hydroxylation is 1. The number of nitro groups is 1. The monoisotopic (exact) mass is 348 g/mol. The second-order valence-corrected chi connectivity index (χ2v) is 5.49. The van der Waals surface area contributed by atoms with E-state index in [1.807, 2.05) is 0 Å². The van der Waals surface area contributed by atoms with Crippen molar-refractivity contribution < 1.29 is 28.5 Å². The quantitative estimate of drug-likeness (QED) is 0.367. The van der Waals surface area contributed by atoms with Crippen LogP contribution in [0.3, 0.4) is 0 Å². The molecule has 0 amide bonds. The number of ketones is 2. The van der Waals surface area contributed by atoms with Gasteiger partial charge in [-0.2, -0.15) is 0 Å². The lowest BCUT2D eigenvalue weighted by molar-refractivity contribution is -0.402. The number of aromatic amines is 1. The van der Waals surface area contributed by atoms with Crippen molar-refractivity contribution in [1.82, 2.24) is 4.98 Å². The molecule has 0 unspecified atom stereocenters. The lowest BCUT2D eigenvalue weighted by atomic mass is 10.0. The summed E-state index contributed by atoms with van der Waals surface area (Å²) >= 11 is 0. The summed E-state index contributed by atoms with van der Waals surface area (Å²) in [5.41, 5.74) is 1.62. The van der Waals surface area contributed by atoms with E-state index >= 15 is 0 Å². The molecule has 0 aliphatic rings. The SMILES string of the molecule is CC(=O)c1c(C)[nH]c(C(=O)[C@H](C)OC(=O)c2ccc([N+](=O)[O-])o2)c1C. The van der Waals surface area contributed by atoms with Crippen molar-refractivity contribution in [2.45, 2.75) is 33.8 Å². The standard InChI is InChI=1S/C16H16N2O7/c1-7-13(9(3)19)8(2)17-14(7)15(20)10(4)24-16(21)11-5-6-12(25-11)18(22)23/h5-6,10,17H,1-4H3/t10-/m0/s1. The minimum absolute atomic E-state index is 0.174. The van der Waals surface area contributed by atoms with Gasteiger partial charge in [-0.3, -0.25) is 19.7 Å². The minimum atomic E-state index is -1.17. The zero-order chi connectivity index (χ0) is 18.9. The number of carbonyl (C=O) groups excluding carboxylic acids is 3. The number of rotatable bonds is 6. The number of Topliss-reactive ketones (excluding diaryl/α,β-unsaturated/α-hetero) is 2. The Morgan fingerprint density at radius 1 is 1.28 bits per heavy atom. The number of hydrogen-bond donors (Lipinski definition) is 1. The van der Waals surface area contributed by atoms with Gasteiger partial charge in [-0.25, -0.2) is 4.79 Å². The van der Waals surface area contributed by atoms with E-state index in [0.717, 1.165) is 12.1 Å². The molecule has 9 heteroatoms. The number of furan rings is 1. The average molecular weight is 348 g/mol. The molecule has 1 N–H and O–H groups in total. The van der Waals surface area contributed by atoms with Crippen LogP contribution in [0.5, 0.6) is 0 Å². The molecular formula is C16H16N2O7. The number of nitrogens with one attached hydrogen (secondary N) is 1. The molecule has 9 nitrogen and oxygen atoms in total. The second kappa shape index (κ2) is 6.71. The average Bonchev–Trinajstić information content (AvgIpc) is 3.11. The van der Waals surface area contributed by atoms with E-state index in [1.54, 1.807) is 13.8 Å². The summed E-state index contributed by atoms with van der Waals surface area (Å²) in [7, 11) is 0. The maximum absolute atomic E-state index is 12.5. The molecule has 0 aromatic carbocycles. The topological polar surface area (TPSA) is 133 Å². The summed E-state index contributed by atoms with van der Waals surface area (Å²) in [5, 5.41) is 10.6. The Balaban J connectivity index is 2.17. The van der Waals surface area contributed by atoms with E-state index in [0.29, 0.717) is 16.8 Å². The Kier molecular flexibility index (Phi) is 4.87. The fourth-order valence-electron chi connectivity index (χ4n) is 2.54. The van der Waals surface area contributed by atoms with Crippen LogP contribution in [0.25, 0.3) is 0 Å². The summed E-state index contributed by atoms with van der Waals surface area (Å²) in [6.07, 6.45) is -1.17. The molecule has 2 heterocycles. The van der Waals surface area contributed by atoms with Crippen LogP contribution in [-0.4, -0.2) is 33.5 Å². The van der Waals surface area contributed by atoms with Gasteiger partial charge in [-0.15, -0.1) is 0 Å². The fraction of sp³-hybridized carbons (Fsp3) is 0.312. The second-order valence-electron chi connectivity index (χ2n) is 5.49. The van der Waals surface area contributed by atoms with Crippen LogP contribution in [0.2, 0.25) is 0 Å². The van der Waals surface area contributed by atoms with Crippen molar-refractivity contribution in [3.63, 3.8) is 0 Å². The minimum Gasteiger partial charge on any atom is -0.448 e. The van der Waals surface area contributed by atoms with E-state index in [-0.39, 0.29) is 17.2 Å². The molecule has 0 bridgehead atoms. The zero-order valence-electron chi connectivity index (χ0n) is 14.0. The first-order valence-corrected chi connectivity index (χ1v) is 7.33. The highest BCUT2D eigenvalue weighted by molar-refractivity contribution is 6.05. The first kappa shape index (κ1) is 18.1. The van der Waals surface area contributed by atoms with Gasteiger partial charge in [0.05, 0.1) is 11.8 Å². The largest absolute Gasteiger partial charge is 0.448 e. The molecule has 0 fully saturated rings. The van der Waals surface area contributed by atoms with Gasteiger partial charge in [0.15, 0.2) is 11.9 Å². The molecule has 25 heavy (non-hydrogen) atoms. The van der Waals surface area contributed by atoms with Gasteiger partial charge in [-0.05, 0) is 39.3 Å². The van der Waals surface area contributed by atoms with Gasteiger partial charge in [0, 0.05) is 11.3 Å². The van der Waals surface area contributed by atoms with E-state index in [4.69, 9.17) is 9.15 Å². The molecule has 0 spiro atoms. The van der Waals surface area contributed by atoms with E-state index in [1.165, 1.54) is 13.8 Å². The number of aromatic nitrogens is 1. The molecule has 0 radical (unpaired) electrons. The van der Waals surface area contributed by atoms with Crippen molar-refractivity contribution in [3.05, 3.63) is 50.5 Å². The van der Waals surface area contributed by atoms with Gasteiger partial charge >= 0.3 is 11.9 Å². The third kappa shape index (κ3) is 3.49. The molecule has 2 aromatic heterocycles. The first-order valence-electron chi connectivity index (χ1n) is 7.33. The van der Waals surface area contributed by atoms with Gasteiger partial charge in [0.1, 0.15) is 4.92 Å². The number of carbonyl (C=O) groups is 3. The van der Waals surface area contributed by atoms with Crippen molar-refractivity contribution in [2.24, 2.45) is 0 Å². The third-order valence-corrected chi connectivity index (χ3v) is 3.66. The van der Waals surface area contributed by atoms with Gasteiger partial charge in [0.25, 0.3) is 0 Å². The van der Waals surface area contributed by atoms with Crippen LogP contribution < -0.4 is 0 Å². The number of ether oxygens (including phenoxy) is 1. The lowest BCUT2D eigenvalue weighted by Crippen LogP contribution is -2.25. The summed E-state index contributed by atoms with van der Waals surface area (Å²) in [6.45, 7) is 6.04. The molecule has 2 rings (SSSR count). The Bertz CT molecular complexity index is 875. The normalized spacial score (nSPS) is 11.8. The first-order chi connectivity index (χ1) is 11.6. The predicted octanol–water partition coefficient (Wildman–Crippen LogP) is 2.76. The van der Waals surface area contributed by atoms with Gasteiger partial charge in [-0.1, -0.05) is 0 Å². The zero-order valence-corrected chi connectivity index (χ0v) is 14.0. The van der Waals surface area contributed by atoms with Gasteiger partial charge in [0.2, 0.25) is 11.5 Å². The molecule has 0 aliphatic carbocycles. The van der Waals surface area contributed by atoms with Crippen LogP contribution in [0, 0.1) is 24.0 Å². The molecule has 2 aromatic rings. The Morgan fingerprint density at radius 2 is 1.92 bits per heavy atom. The molecule has 0 aliphatic heterocycles. The van der Waals surface area contributed by atoms with Crippen molar-refractivity contribution in [3.8, 4) is 0 Å². The van der Waals surface area contributed by atoms with E-state index in [9.17, 15) is 24.5 Å². The van der Waals surface area contributed by atoms with Gasteiger partial charge < -0.3 is 14.1 Å². The van der Waals surface area contributed by atoms with Crippen LogP contribution in [0.15, 0.2) is 16.5 Å². The van der Waals surface area contributed by atoms with Crippen LogP contribution in [0.1, 0.15) is 56.5 Å². The van der Waals surface area contributed by atoms with Crippen LogP contribution in [0.4, 0.5) is 5.88 Å². The van der Waals surface area contributed by atoms with Crippen LogP contribution in [-0.2, 0) is 4.74 Å². The highest BCUT2D eigenvalue weighted by atomic mass is 16.7. The molecule has 132 valence electrons. The van der Waals surface area contributed by atoms with Crippen molar-refractivity contribution in [1.29, 1.82) is 0 Å². The summed E-state index contributed by atoms with van der Waals surface area (Å²) < 4.78 is 9.73. The molecule has 0 saturated carbocycles. The summed E-state index contributed by atoms with van der Waals surface area (Å²) in [4.78, 5) is 48.6. The summed E-state index contributed by atoms with van der Waals surface area (Å²) in [6, 6.07) is 2.11. The Hall–Kier alpha value is -3.23. The highest BCUT2D eigenvalue weighted by Gasteiger charge is 2.27. The third-order valence-electron chi connectivity index (χ3n) is 3.66. The number of H-pyrrole nitrogens is 1. The van der Waals surface area contributed by atoms with Crippen molar-refractivity contribution >= 4 is 23.4 Å². The Labute approximate surface area is 142 Å². The summed E-state index contributed by atoms with van der Waals surface area (Å²) in [5.74, 6) is -2.69. The molecule has 0 saturated heterocycles. The number of nitrogens with zero attached hydrogens (tertiary/aromatic N) is 1. The fourth-order valence-corrected chi connectivity index (χ4v) is 2.54. The number of esters is 1. The van der Waals surface area contributed by atoms with Crippen molar-refractivity contribution in [2.75, 3.05) is 0 Å². The van der Waals surface area contributed by atoms with E-state index < -0.39 is 28.7 Å². The smallest absolute Gasteiger partial charge is 0.433 e. The number of hydrogen-bond acceptors (Lipinski definition) is 7. The maximum atomic E-state index is 12.5. The predicted molar refractivity (Wildman–Crippen MR) is 84.8 cm³/mol. The lowest BCUT2D eigenvalue weighted by Gasteiger charge is -2.11. The molecule has 1 atom stereocenters. The van der Waals surface area contributed by atoms with Crippen LogP contribution >= 0.6 is 0 Å². The molecular weight excluding hydrogens is 332 g/mol. The maximum Gasteiger partial charge on any atom is 0.433 e. The van der Waals surface area contributed by atoms with E-state index in [2.05, 4.69) is 4.98 Å². The Morgan fingerprint density at radius 3 is 2.40 bits per heavy atom. The highest BCUT2D eigenvalue weighted by Crippen LogP contribution is 2.21.